The van der Waals surface area contributed by atoms with Crippen molar-refractivity contribution in [3.63, 3.8) is 0 Å². The molecule has 0 radical (unpaired) electrons. The van der Waals surface area contributed by atoms with E-state index in [-0.39, 0.29) is 5.91 Å². The molecule has 1 aromatic rings. The fourth-order valence-corrected chi connectivity index (χ4v) is 3.18. The van der Waals surface area contributed by atoms with Crippen LogP contribution in [-0.4, -0.2) is 40.2 Å². The summed E-state index contributed by atoms with van der Waals surface area (Å²) in [7, 11) is 0. The van der Waals surface area contributed by atoms with Gasteiger partial charge in [-0.1, -0.05) is 18.2 Å². The van der Waals surface area contributed by atoms with Gasteiger partial charge in [-0.25, -0.2) is 4.79 Å². The molecule has 1 aliphatic heterocycles. The number of carbonyl (C=O) groups excluding carboxylic acids is 1. The van der Waals surface area contributed by atoms with Crippen molar-refractivity contribution in [1.29, 1.82) is 0 Å². The molecule has 1 fully saturated rings. The molecule has 1 saturated heterocycles. The van der Waals surface area contributed by atoms with Crippen LogP contribution >= 0.6 is 11.8 Å². The highest BCUT2D eigenvalue weighted by Gasteiger charge is 2.33. The summed E-state index contributed by atoms with van der Waals surface area (Å²) < 4.78 is 0. The number of nitrogens with zero attached hydrogens (tertiary/aromatic N) is 1. The monoisotopic (exact) mass is 279 g/mol. The van der Waals surface area contributed by atoms with Gasteiger partial charge in [0.05, 0.1) is 5.75 Å². The van der Waals surface area contributed by atoms with Crippen LogP contribution in [0.5, 0.6) is 0 Å². The van der Waals surface area contributed by atoms with Gasteiger partial charge in [0.25, 0.3) is 0 Å². The first-order chi connectivity index (χ1) is 9.09. The first kappa shape index (κ1) is 13.9. The Hall–Kier alpha value is -1.49. The largest absolute Gasteiger partial charge is 0.480 e. The van der Waals surface area contributed by atoms with Gasteiger partial charge >= 0.3 is 5.97 Å². The Kier molecular flexibility index (Phi) is 4.47. The first-order valence-corrected chi connectivity index (χ1v) is 7.29. The van der Waals surface area contributed by atoms with E-state index in [2.05, 4.69) is 0 Å². The van der Waals surface area contributed by atoms with Crippen LogP contribution in [-0.2, 0) is 9.59 Å². The molecule has 2 rings (SSSR count). The Morgan fingerprint density at radius 2 is 2.16 bits per heavy atom. The van der Waals surface area contributed by atoms with Crippen LogP contribution in [0.15, 0.2) is 29.2 Å². The Morgan fingerprint density at radius 3 is 2.84 bits per heavy atom. The topological polar surface area (TPSA) is 57.6 Å². The standard InChI is InChI=1S/C14H17NO3S/c1-10-5-2-3-7-12(10)19-9-13(16)15-8-4-6-11(15)14(17)18/h2-3,5,7,11H,4,6,8-9H2,1H3,(H,17,18). The number of hydrogen-bond acceptors (Lipinski definition) is 3. The van der Waals surface area contributed by atoms with Crippen molar-refractivity contribution in [2.75, 3.05) is 12.3 Å². The average molecular weight is 279 g/mol. The lowest BCUT2D eigenvalue weighted by atomic mass is 10.2. The van der Waals surface area contributed by atoms with Gasteiger partial charge < -0.3 is 10.0 Å². The van der Waals surface area contributed by atoms with Gasteiger partial charge in [-0.3, -0.25) is 4.79 Å². The molecular weight excluding hydrogens is 262 g/mol. The van der Waals surface area contributed by atoms with Gasteiger partial charge in [0, 0.05) is 11.4 Å². The summed E-state index contributed by atoms with van der Waals surface area (Å²) in [5.74, 6) is -0.681. The van der Waals surface area contributed by atoms with Crippen LogP contribution < -0.4 is 0 Å². The fourth-order valence-electron chi connectivity index (χ4n) is 2.26. The number of carboxylic acid groups (broad SMARTS) is 1. The average Bonchev–Trinajstić information content (AvgIpc) is 2.87. The van der Waals surface area contributed by atoms with Crippen LogP contribution in [0.1, 0.15) is 18.4 Å². The van der Waals surface area contributed by atoms with Crippen LogP contribution in [0, 0.1) is 6.92 Å². The second kappa shape index (κ2) is 6.10. The van der Waals surface area contributed by atoms with Gasteiger partial charge in [-0.15, -0.1) is 11.8 Å². The lowest BCUT2D eigenvalue weighted by Gasteiger charge is -2.21. The molecule has 1 aliphatic rings. The maximum absolute atomic E-state index is 12.1. The zero-order valence-electron chi connectivity index (χ0n) is 10.8. The summed E-state index contributed by atoms with van der Waals surface area (Å²) >= 11 is 1.47. The highest BCUT2D eigenvalue weighted by atomic mass is 32.2. The number of hydrogen-bond donors (Lipinski definition) is 1. The highest BCUT2D eigenvalue weighted by Crippen LogP contribution is 2.24. The van der Waals surface area contributed by atoms with Gasteiger partial charge in [0.15, 0.2) is 0 Å². The Bertz CT molecular complexity index is 489. The van der Waals surface area contributed by atoms with E-state index in [1.165, 1.54) is 16.7 Å². The van der Waals surface area contributed by atoms with Gasteiger partial charge in [-0.05, 0) is 31.4 Å². The van der Waals surface area contributed by atoms with Gasteiger partial charge in [0.2, 0.25) is 5.91 Å². The smallest absolute Gasteiger partial charge is 0.326 e. The molecule has 1 unspecified atom stereocenters. The SMILES string of the molecule is Cc1ccccc1SCC(=O)N1CCCC1C(=O)O. The first-order valence-electron chi connectivity index (χ1n) is 6.30. The fraction of sp³-hybridized carbons (Fsp3) is 0.429. The zero-order chi connectivity index (χ0) is 13.8. The minimum Gasteiger partial charge on any atom is -0.480 e. The van der Waals surface area contributed by atoms with Crippen LogP contribution in [0.2, 0.25) is 0 Å². The van der Waals surface area contributed by atoms with Crippen molar-refractivity contribution in [3.8, 4) is 0 Å². The molecule has 0 spiro atoms. The number of amides is 1. The number of thioether (sulfide) groups is 1. The van der Waals surface area contributed by atoms with Crippen LogP contribution in [0.25, 0.3) is 0 Å². The predicted molar refractivity (Wildman–Crippen MR) is 74.3 cm³/mol. The van der Waals surface area contributed by atoms with Gasteiger partial charge in [0.1, 0.15) is 6.04 Å². The number of aliphatic carboxylic acids is 1. The van der Waals surface area contributed by atoms with Crippen LogP contribution in [0.3, 0.4) is 0 Å². The lowest BCUT2D eigenvalue weighted by molar-refractivity contribution is -0.147. The minimum absolute atomic E-state index is 0.0850. The van der Waals surface area contributed by atoms with Crippen molar-refractivity contribution in [2.24, 2.45) is 0 Å². The molecule has 1 atom stereocenters. The van der Waals surface area contributed by atoms with E-state index in [4.69, 9.17) is 5.11 Å². The second-order valence-electron chi connectivity index (χ2n) is 4.64. The summed E-state index contributed by atoms with van der Waals surface area (Å²) in [5, 5.41) is 9.06. The Labute approximate surface area is 116 Å². The molecule has 0 aliphatic carbocycles. The van der Waals surface area contributed by atoms with E-state index in [0.717, 1.165) is 16.9 Å². The third-order valence-electron chi connectivity index (χ3n) is 3.30. The molecule has 0 saturated carbocycles. The molecular formula is C14H17NO3S. The normalized spacial score (nSPS) is 18.6. The summed E-state index contributed by atoms with van der Waals surface area (Å²) in [6.45, 7) is 2.56. The number of likely N-dealkylation sites (tertiary alicyclic amines) is 1. The number of carboxylic acids is 1. The third kappa shape index (κ3) is 3.29. The summed E-state index contributed by atoms with van der Waals surface area (Å²) in [5.41, 5.74) is 1.14. The summed E-state index contributed by atoms with van der Waals surface area (Å²) in [4.78, 5) is 25.7. The van der Waals surface area contributed by atoms with E-state index < -0.39 is 12.0 Å². The van der Waals surface area contributed by atoms with Crippen molar-refractivity contribution in [1.82, 2.24) is 4.90 Å². The van der Waals surface area contributed by atoms with Crippen molar-refractivity contribution in [3.05, 3.63) is 29.8 Å². The molecule has 5 heteroatoms. The molecule has 1 aromatic carbocycles. The van der Waals surface area contributed by atoms with E-state index in [1.54, 1.807) is 0 Å². The summed E-state index contributed by atoms with van der Waals surface area (Å²) in [6, 6.07) is 7.25. The Morgan fingerprint density at radius 1 is 1.42 bits per heavy atom. The minimum atomic E-state index is -0.897. The lowest BCUT2D eigenvalue weighted by Crippen LogP contribution is -2.41. The molecule has 0 bridgehead atoms. The van der Waals surface area contributed by atoms with Crippen LogP contribution in [0.4, 0.5) is 0 Å². The molecule has 4 nitrogen and oxygen atoms in total. The molecule has 102 valence electrons. The van der Waals surface area contributed by atoms with E-state index in [1.807, 2.05) is 31.2 Å². The maximum atomic E-state index is 12.1. The molecule has 1 N–H and O–H groups in total. The van der Waals surface area contributed by atoms with Crippen molar-refractivity contribution >= 4 is 23.6 Å². The molecule has 19 heavy (non-hydrogen) atoms. The predicted octanol–water partition coefficient (Wildman–Crippen LogP) is 2.16. The van der Waals surface area contributed by atoms with Crippen molar-refractivity contribution in [2.45, 2.75) is 30.7 Å². The summed E-state index contributed by atoms with van der Waals surface area (Å²) in [6.07, 6.45) is 1.34. The number of aryl methyl sites for hydroxylation is 1. The number of rotatable bonds is 4. The van der Waals surface area contributed by atoms with Gasteiger partial charge in [-0.2, -0.15) is 0 Å². The van der Waals surface area contributed by atoms with E-state index in [9.17, 15) is 9.59 Å². The third-order valence-corrected chi connectivity index (χ3v) is 4.46. The number of carbonyl (C=O) groups is 2. The van der Waals surface area contributed by atoms with E-state index >= 15 is 0 Å². The number of benzene rings is 1. The van der Waals surface area contributed by atoms with E-state index in [0.29, 0.717) is 18.7 Å². The second-order valence-corrected chi connectivity index (χ2v) is 5.65. The molecule has 1 heterocycles. The quantitative estimate of drug-likeness (QED) is 0.858. The zero-order valence-corrected chi connectivity index (χ0v) is 11.7. The Balaban J connectivity index is 1.95. The molecule has 0 aromatic heterocycles. The molecule has 1 amide bonds. The highest BCUT2D eigenvalue weighted by molar-refractivity contribution is 8.00. The maximum Gasteiger partial charge on any atom is 0.326 e. The van der Waals surface area contributed by atoms with Crippen molar-refractivity contribution < 1.29 is 14.7 Å².